The molecule has 0 heterocycles. The maximum Gasteiger partial charge on any atom is 0.243 e. The number of nitrogens with two attached hydrogens (primary N) is 1. The van der Waals surface area contributed by atoms with Gasteiger partial charge in [0.1, 0.15) is 18.1 Å². The van der Waals surface area contributed by atoms with Crippen LogP contribution in [0.15, 0.2) is 66.7 Å². The van der Waals surface area contributed by atoms with Crippen molar-refractivity contribution in [3.8, 4) is 0 Å². The molecule has 0 fully saturated rings. The first-order chi connectivity index (χ1) is 22.2. The summed E-state index contributed by atoms with van der Waals surface area (Å²) in [5.74, 6) is -1.58. The first kappa shape index (κ1) is 34.6. The van der Waals surface area contributed by atoms with Crippen LogP contribution < -0.4 is 27.0 Å². The lowest BCUT2D eigenvalue weighted by Gasteiger charge is -2.29. The summed E-state index contributed by atoms with van der Waals surface area (Å²) >= 11 is 0. The molecular formula is C37H49N5O4. The summed E-state index contributed by atoms with van der Waals surface area (Å²) in [5, 5.41) is 14.0. The van der Waals surface area contributed by atoms with Crippen molar-refractivity contribution in [3.05, 3.63) is 83.4 Å². The van der Waals surface area contributed by atoms with E-state index in [1.165, 1.54) is 5.56 Å². The third kappa shape index (κ3) is 9.16. The molecule has 0 aliphatic heterocycles. The number of rotatable bonds is 16. The Labute approximate surface area is 272 Å². The van der Waals surface area contributed by atoms with Crippen molar-refractivity contribution >= 4 is 34.4 Å². The molecule has 9 nitrogen and oxygen atoms in total. The lowest BCUT2D eigenvalue weighted by atomic mass is 9.96. The largest absolute Gasteiger partial charge is 0.347 e. The van der Waals surface area contributed by atoms with Gasteiger partial charge >= 0.3 is 0 Å². The monoisotopic (exact) mass is 627 g/mol. The summed E-state index contributed by atoms with van der Waals surface area (Å²) in [6.07, 6.45) is 4.65. The van der Waals surface area contributed by atoms with Gasteiger partial charge in [0.2, 0.25) is 23.6 Å². The van der Waals surface area contributed by atoms with E-state index in [9.17, 15) is 19.2 Å². The van der Waals surface area contributed by atoms with Crippen molar-refractivity contribution in [1.29, 1.82) is 0 Å². The lowest BCUT2D eigenvalue weighted by Crippen LogP contribution is -2.58. The van der Waals surface area contributed by atoms with Gasteiger partial charge in [-0.3, -0.25) is 19.2 Å². The topological polar surface area (TPSA) is 142 Å². The van der Waals surface area contributed by atoms with E-state index in [2.05, 4.69) is 27.3 Å². The Morgan fingerprint density at radius 2 is 1.57 bits per heavy atom. The zero-order valence-electron chi connectivity index (χ0n) is 27.3. The number of benzene rings is 3. The molecule has 1 aliphatic rings. The molecule has 6 N–H and O–H groups in total. The van der Waals surface area contributed by atoms with Crippen LogP contribution in [0.4, 0.5) is 0 Å². The second kappa shape index (κ2) is 16.9. The molecule has 3 aromatic carbocycles. The quantitative estimate of drug-likeness (QED) is 0.151. The van der Waals surface area contributed by atoms with Gasteiger partial charge < -0.3 is 27.0 Å². The van der Waals surface area contributed by atoms with E-state index in [0.717, 1.165) is 41.2 Å². The number of nitrogens with one attached hydrogen (secondary N) is 4. The molecule has 9 heteroatoms. The van der Waals surface area contributed by atoms with E-state index in [4.69, 9.17) is 5.73 Å². The standard InChI is InChI=1S/C37H49N5O4/c1-4-24(3)34(42-36(45)32(39-33(43)5-2)23-25-17-18-26-12-6-7-14-28(26)22-25)37(46)41-31(16-10-11-21-38)35(44)40-30-20-19-27-13-8-9-15-29(27)30/h6-9,12-15,17-18,22,24,30-32,34H,4-5,10-11,16,19-21,23,38H2,1-3H3,(H,39,43)(H,40,44)(H,41,46)(H,42,45)/t24-,30+,31-,32-,34-/m0/s1. The van der Waals surface area contributed by atoms with E-state index in [-0.39, 0.29) is 36.6 Å². The third-order valence-electron chi connectivity index (χ3n) is 9.05. The zero-order valence-corrected chi connectivity index (χ0v) is 27.3. The summed E-state index contributed by atoms with van der Waals surface area (Å²) in [7, 11) is 0. The van der Waals surface area contributed by atoms with Crippen LogP contribution in [0, 0.1) is 5.92 Å². The minimum Gasteiger partial charge on any atom is -0.347 e. The Kier molecular flexibility index (Phi) is 12.7. The highest BCUT2D eigenvalue weighted by atomic mass is 16.2. The SMILES string of the molecule is CCC(=O)N[C@@H](Cc1ccc2ccccc2c1)C(=O)N[C@H](C(=O)N[C@@H](CCCCN)C(=O)N[C@@H]1CCc2ccccc21)[C@@H](C)CC. The van der Waals surface area contributed by atoms with Gasteiger partial charge in [-0.25, -0.2) is 0 Å². The van der Waals surface area contributed by atoms with Gasteiger partial charge in [0.15, 0.2) is 0 Å². The van der Waals surface area contributed by atoms with Crippen LogP contribution in [-0.4, -0.2) is 48.3 Å². The molecule has 246 valence electrons. The molecule has 0 radical (unpaired) electrons. The molecule has 3 aromatic rings. The van der Waals surface area contributed by atoms with Crippen molar-refractivity contribution in [2.24, 2.45) is 11.7 Å². The molecule has 4 amide bonds. The van der Waals surface area contributed by atoms with Gasteiger partial charge in [-0.1, -0.05) is 93.9 Å². The lowest BCUT2D eigenvalue weighted by molar-refractivity contribution is -0.134. The highest BCUT2D eigenvalue weighted by Gasteiger charge is 2.33. The average molecular weight is 628 g/mol. The van der Waals surface area contributed by atoms with Crippen LogP contribution in [0.25, 0.3) is 10.8 Å². The fourth-order valence-corrected chi connectivity index (χ4v) is 6.07. The minimum absolute atomic E-state index is 0.110. The van der Waals surface area contributed by atoms with E-state index in [1.54, 1.807) is 6.92 Å². The first-order valence-electron chi connectivity index (χ1n) is 16.7. The van der Waals surface area contributed by atoms with Crippen molar-refractivity contribution in [3.63, 3.8) is 0 Å². The normalized spacial score (nSPS) is 16.5. The van der Waals surface area contributed by atoms with Gasteiger partial charge in [-0.15, -0.1) is 0 Å². The fourth-order valence-electron chi connectivity index (χ4n) is 6.07. The Bertz CT molecular complexity index is 1510. The smallest absolute Gasteiger partial charge is 0.243 e. The summed E-state index contributed by atoms with van der Waals surface area (Å²) in [5.41, 5.74) is 8.96. The maximum absolute atomic E-state index is 13.9. The highest BCUT2D eigenvalue weighted by Crippen LogP contribution is 2.30. The Hall–Kier alpha value is -4.24. The van der Waals surface area contributed by atoms with E-state index in [1.807, 2.05) is 74.5 Å². The summed E-state index contributed by atoms with van der Waals surface area (Å²) in [6, 6.07) is 19.4. The van der Waals surface area contributed by atoms with Crippen molar-refractivity contribution < 1.29 is 19.2 Å². The van der Waals surface area contributed by atoms with Crippen molar-refractivity contribution in [1.82, 2.24) is 21.3 Å². The molecule has 0 bridgehead atoms. The molecule has 4 rings (SSSR count). The molecule has 0 unspecified atom stereocenters. The average Bonchev–Trinajstić information content (AvgIpc) is 3.48. The van der Waals surface area contributed by atoms with Gasteiger partial charge in [0, 0.05) is 12.8 Å². The van der Waals surface area contributed by atoms with Crippen molar-refractivity contribution in [2.75, 3.05) is 6.54 Å². The number of unbranched alkanes of at least 4 members (excludes halogenated alkanes) is 1. The number of carbonyl (C=O) groups excluding carboxylic acids is 4. The van der Waals surface area contributed by atoms with Gasteiger partial charge in [0.25, 0.3) is 0 Å². The van der Waals surface area contributed by atoms with Gasteiger partial charge in [-0.2, -0.15) is 0 Å². The molecule has 1 aliphatic carbocycles. The van der Waals surface area contributed by atoms with Crippen LogP contribution in [0.1, 0.15) is 82.0 Å². The number of hydrogen-bond donors (Lipinski definition) is 5. The van der Waals surface area contributed by atoms with Crippen molar-refractivity contribution in [2.45, 2.75) is 96.3 Å². The number of aryl methyl sites for hydroxylation is 1. The fraction of sp³-hybridized carbons (Fsp3) is 0.459. The van der Waals surface area contributed by atoms with Crippen LogP contribution in [-0.2, 0) is 32.0 Å². The summed E-state index contributed by atoms with van der Waals surface area (Å²) in [4.78, 5) is 53.7. The van der Waals surface area contributed by atoms with Crippen LogP contribution in [0.3, 0.4) is 0 Å². The predicted molar refractivity (Wildman–Crippen MR) is 182 cm³/mol. The van der Waals surface area contributed by atoms with Crippen LogP contribution in [0.2, 0.25) is 0 Å². The highest BCUT2D eigenvalue weighted by molar-refractivity contribution is 5.94. The van der Waals surface area contributed by atoms with Crippen LogP contribution in [0.5, 0.6) is 0 Å². The predicted octanol–water partition coefficient (Wildman–Crippen LogP) is 4.23. The summed E-state index contributed by atoms with van der Waals surface area (Å²) in [6.45, 7) is 6.07. The Balaban J connectivity index is 1.49. The number of amides is 4. The molecule has 0 saturated heterocycles. The first-order valence-corrected chi connectivity index (χ1v) is 16.7. The Morgan fingerprint density at radius 3 is 2.30 bits per heavy atom. The second-order valence-electron chi connectivity index (χ2n) is 12.4. The zero-order chi connectivity index (χ0) is 33.1. The van der Waals surface area contributed by atoms with Gasteiger partial charge in [0.05, 0.1) is 6.04 Å². The second-order valence-corrected chi connectivity index (χ2v) is 12.4. The molecule has 0 aromatic heterocycles. The molecular weight excluding hydrogens is 578 g/mol. The summed E-state index contributed by atoms with van der Waals surface area (Å²) < 4.78 is 0. The number of hydrogen-bond acceptors (Lipinski definition) is 5. The number of fused-ring (bicyclic) bond motifs is 2. The number of carbonyl (C=O) groups is 4. The third-order valence-corrected chi connectivity index (χ3v) is 9.05. The van der Waals surface area contributed by atoms with E-state index >= 15 is 0 Å². The van der Waals surface area contributed by atoms with E-state index < -0.39 is 29.9 Å². The van der Waals surface area contributed by atoms with E-state index in [0.29, 0.717) is 25.8 Å². The van der Waals surface area contributed by atoms with Gasteiger partial charge in [-0.05, 0) is 72.0 Å². The maximum atomic E-state index is 13.9. The molecule has 0 spiro atoms. The minimum atomic E-state index is -0.896. The molecule has 0 saturated carbocycles. The Morgan fingerprint density at radius 1 is 0.826 bits per heavy atom. The molecule has 46 heavy (non-hydrogen) atoms. The van der Waals surface area contributed by atoms with Crippen LogP contribution >= 0.6 is 0 Å². The molecule has 5 atom stereocenters.